The molecule has 0 aliphatic heterocycles. The molecule has 0 saturated heterocycles. The van der Waals surface area contributed by atoms with Crippen LogP contribution >= 0.6 is 27.5 Å². The first kappa shape index (κ1) is 13.5. The van der Waals surface area contributed by atoms with Crippen LogP contribution in [0.4, 0.5) is 0 Å². The molecule has 18 heavy (non-hydrogen) atoms. The number of nitrogens with one attached hydrogen (secondary N) is 1. The molecule has 0 amide bonds. The Morgan fingerprint density at radius 3 is 2.89 bits per heavy atom. The molecule has 1 aromatic heterocycles. The smallest absolute Gasteiger partial charge is 0.0845 e. The van der Waals surface area contributed by atoms with E-state index in [1.54, 1.807) is 4.68 Å². The first-order chi connectivity index (χ1) is 8.61. The number of halogens is 2. The highest BCUT2D eigenvalue weighted by Crippen LogP contribution is 2.31. The van der Waals surface area contributed by atoms with Crippen LogP contribution in [0.2, 0.25) is 5.02 Å². The SMILES string of the molecule is CNC(Cc1cn(C)nn1)c1cccc(Br)c1Cl. The molecule has 0 bridgehead atoms. The number of rotatable bonds is 4. The van der Waals surface area contributed by atoms with Gasteiger partial charge in [-0.15, -0.1) is 5.10 Å². The molecular weight excluding hydrogens is 316 g/mol. The van der Waals surface area contributed by atoms with E-state index in [-0.39, 0.29) is 6.04 Å². The second-order valence-electron chi connectivity index (χ2n) is 4.07. The Morgan fingerprint density at radius 2 is 2.28 bits per heavy atom. The van der Waals surface area contributed by atoms with Crippen LogP contribution < -0.4 is 5.32 Å². The largest absolute Gasteiger partial charge is 0.313 e. The van der Waals surface area contributed by atoms with Gasteiger partial charge in [0.25, 0.3) is 0 Å². The fraction of sp³-hybridized carbons (Fsp3) is 0.333. The average molecular weight is 330 g/mol. The van der Waals surface area contributed by atoms with Crippen LogP contribution in [0.15, 0.2) is 28.9 Å². The lowest BCUT2D eigenvalue weighted by atomic mass is 10.0. The summed E-state index contributed by atoms with van der Waals surface area (Å²) < 4.78 is 2.60. The van der Waals surface area contributed by atoms with Gasteiger partial charge < -0.3 is 5.32 Å². The second-order valence-corrected chi connectivity index (χ2v) is 5.30. The summed E-state index contributed by atoms with van der Waals surface area (Å²) in [6.07, 6.45) is 2.66. The second kappa shape index (κ2) is 5.82. The van der Waals surface area contributed by atoms with E-state index in [2.05, 4.69) is 31.6 Å². The number of aryl methyl sites for hydroxylation is 1. The van der Waals surface area contributed by atoms with Gasteiger partial charge in [-0.1, -0.05) is 28.9 Å². The lowest BCUT2D eigenvalue weighted by Crippen LogP contribution is -2.19. The zero-order chi connectivity index (χ0) is 13.1. The molecule has 0 fully saturated rings. The van der Waals surface area contributed by atoms with E-state index in [0.717, 1.165) is 27.2 Å². The summed E-state index contributed by atoms with van der Waals surface area (Å²) in [6.45, 7) is 0. The minimum absolute atomic E-state index is 0.117. The van der Waals surface area contributed by atoms with Crippen molar-refractivity contribution in [3.8, 4) is 0 Å². The van der Waals surface area contributed by atoms with Crippen molar-refractivity contribution in [1.29, 1.82) is 0 Å². The van der Waals surface area contributed by atoms with E-state index in [1.807, 2.05) is 38.5 Å². The zero-order valence-electron chi connectivity index (χ0n) is 10.2. The summed E-state index contributed by atoms with van der Waals surface area (Å²) in [6, 6.07) is 6.05. The van der Waals surface area contributed by atoms with E-state index in [0.29, 0.717) is 0 Å². The molecule has 0 aliphatic carbocycles. The maximum absolute atomic E-state index is 6.31. The molecule has 1 N–H and O–H groups in total. The molecule has 2 rings (SSSR count). The van der Waals surface area contributed by atoms with Crippen molar-refractivity contribution in [2.24, 2.45) is 7.05 Å². The third kappa shape index (κ3) is 2.91. The van der Waals surface area contributed by atoms with Crippen LogP contribution in [0.5, 0.6) is 0 Å². The quantitative estimate of drug-likeness (QED) is 0.938. The molecule has 4 nitrogen and oxygen atoms in total. The predicted molar refractivity (Wildman–Crippen MR) is 75.7 cm³/mol. The van der Waals surface area contributed by atoms with Gasteiger partial charge in [0, 0.05) is 30.2 Å². The molecule has 1 unspecified atom stereocenters. The third-order valence-corrected chi connectivity index (χ3v) is 4.08. The Labute approximate surface area is 119 Å². The van der Waals surface area contributed by atoms with Gasteiger partial charge in [0.2, 0.25) is 0 Å². The third-order valence-electron chi connectivity index (χ3n) is 2.77. The molecule has 0 radical (unpaired) electrons. The Bertz CT molecular complexity index is 541. The highest BCUT2D eigenvalue weighted by atomic mass is 79.9. The van der Waals surface area contributed by atoms with Gasteiger partial charge in [-0.25, -0.2) is 0 Å². The van der Waals surface area contributed by atoms with Gasteiger partial charge in [0.1, 0.15) is 0 Å². The summed E-state index contributed by atoms with van der Waals surface area (Å²) in [4.78, 5) is 0. The normalized spacial score (nSPS) is 12.7. The Morgan fingerprint density at radius 1 is 1.50 bits per heavy atom. The van der Waals surface area contributed by atoms with Crippen molar-refractivity contribution in [2.75, 3.05) is 7.05 Å². The maximum atomic E-state index is 6.31. The Hall–Kier alpha value is -0.910. The van der Waals surface area contributed by atoms with Crippen LogP contribution in [0.25, 0.3) is 0 Å². The average Bonchev–Trinajstić information content (AvgIpc) is 2.76. The van der Waals surface area contributed by atoms with Gasteiger partial charge in [0.15, 0.2) is 0 Å². The molecule has 0 aliphatic rings. The van der Waals surface area contributed by atoms with Crippen LogP contribution in [0.1, 0.15) is 17.3 Å². The first-order valence-corrected chi connectivity index (χ1v) is 6.75. The van der Waals surface area contributed by atoms with Gasteiger partial charge in [-0.2, -0.15) is 0 Å². The summed E-state index contributed by atoms with van der Waals surface area (Å²) in [5.41, 5.74) is 1.99. The molecule has 2 aromatic rings. The van der Waals surface area contributed by atoms with Crippen molar-refractivity contribution in [3.63, 3.8) is 0 Å². The van der Waals surface area contributed by atoms with Crippen molar-refractivity contribution in [2.45, 2.75) is 12.5 Å². The van der Waals surface area contributed by atoms with Crippen molar-refractivity contribution in [1.82, 2.24) is 20.3 Å². The maximum Gasteiger partial charge on any atom is 0.0845 e. The summed E-state index contributed by atoms with van der Waals surface area (Å²) in [5, 5.41) is 12.0. The highest BCUT2D eigenvalue weighted by molar-refractivity contribution is 9.10. The van der Waals surface area contributed by atoms with Crippen molar-refractivity contribution < 1.29 is 0 Å². The lowest BCUT2D eigenvalue weighted by Gasteiger charge is -2.17. The van der Waals surface area contributed by atoms with E-state index in [4.69, 9.17) is 11.6 Å². The molecule has 96 valence electrons. The molecule has 0 saturated carbocycles. The van der Waals surface area contributed by atoms with Gasteiger partial charge in [-0.05, 0) is 34.6 Å². The molecule has 1 aromatic carbocycles. The lowest BCUT2D eigenvalue weighted by molar-refractivity contribution is 0.583. The number of likely N-dealkylation sites (N-methyl/N-ethyl adjacent to an activating group) is 1. The summed E-state index contributed by atoms with van der Waals surface area (Å²) in [7, 11) is 3.77. The van der Waals surface area contributed by atoms with E-state index >= 15 is 0 Å². The molecule has 0 spiro atoms. The number of benzene rings is 1. The molecule has 1 heterocycles. The minimum atomic E-state index is 0.117. The first-order valence-electron chi connectivity index (χ1n) is 5.58. The van der Waals surface area contributed by atoms with Gasteiger partial charge in [0.05, 0.1) is 10.7 Å². The summed E-state index contributed by atoms with van der Waals surface area (Å²) in [5.74, 6) is 0. The Balaban J connectivity index is 2.25. The molecule has 6 heteroatoms. The van der Waals surface area contributed by atoms with Crippen LogP contribution in [0.3, 0.4) is 0 Å². The fourth-order valence-electron chi connectivity index (χ4n) is 1.86. The standard InChI is InChI=1S/C12H14BrClN4/c1-15-11(6-8-7-18(2)17-16-8)9-4-3-5-10(13)12(9)14/h3-5,7,11,15H,6H2,1-2H3. The number of nitrogens with zero attached hydrogens (tertiary/aromatic N) is 3. The topological polar surface area (TPSA) is 42.7 Å². The van der Waals surface area contributed by atoms with E-state index in [9.17, 15) is 0 Å². The zero-order valence-corrected chi connectivity index (χ0v) is 12.5. The highest BCUT2D eigenvalue weighted by Gasteiger charge is 2.16. The van der Waals surface area contributed by atoms with Crippen LogP contribution in [-0.4, -0.2) is 22.0 Å². The van der Waals surface area contributed by atoms with Gasteiger partial charge >= 0.3 is 0 Å². The molecular formula is C12H14BrClN4. The minimum Gasteiger partial charge on any atom is -0.313 e. The van der Waals surface area contributed by atoms with E-state index in [1.165, 1.54) is 0 Å². The van der Waals surface area contributed by atoms with Crippen molar-refractivity contribution in [3.05, 3.63) is 45.1 Å². The summed E-state index contributed by atoms with van der Waals surface area (Å²) >= 11 is 9.75. The monoisotopic (exact) mass is 328 g/mol. The molecule has 1 atom stereocenters. The van der Waals surface area contributed by atoms with E-state index < -0.39 is 0 Å². The van der Waals surface area contributed by atoms with Gasteiger partial charge in [-0.3, -0.25) is 4.68 Å². The van der Waals surface area contributed by atoms with Crippen molar-refractivity contribution >= 4 is 27.5 Å². The fourth-order valence-corrected chi connectivity index (χ4v) is 2.49. The van der Waals surface area contributed by atoms with Crippen LogP contribution in [-0.2, 0) is 13.5 Å². The number of hydrogen-bond donors (Lipinski definition) is 1. The predicted octanol–water partition coefficient (Wildman–Crippen LogP) is 2.73. The number of aromatic nitrogens is 3. The number of hydrogen-bond acceptors (Lipinski definition) is 3. The Kier molecular flexibility index (Phi) is 4.37. The van der Waals surface area contributed by atoms with Crippen LogP contribution in [0, 0.1) is 0 Å².